The third-order valence-electron chi connectivity index (χ3n) is 16.2. The van der Waals surface area contributed by atoms with Crippen LogP contribution < -0.4 is 0 Å². The molecule has 2 N–H and O–H groups in total. The second kappa shape index (κ2) is 14.7. The fraction of sp³-hybridized carbons (Fsp3) is 0.333. The van der Waals surface area contributed by atoms with Crippen molar-refractivity contribution in [3.05, 3.63) is 169 Å². The molecule has 2 aromatic heterocycles. The molecule has 0 spiro atoms. The fourth-order valence-corrected chi connectivity index (χ4v) is 13.2. The zero-order valence-corrected chi connectivity index (χ0v) is 34.5. The summed E-state index contributed by atoms with van der Waals surface area (Å²) in [7, 11) is 0. The molecule has 0 amide bonds. The first-order chi connectivity index (χ1) is 29.4. The summed E-state index contributed by atoms with van der Waals surface area (Å²) < 4.78 is 1.68. The van der Waals surface area contributed by atoms with E-state index in [0.29, 0.717) is 23.7 Å². The van der Waals surface area contributed by atoms with Gasteiger partial charge in [0.25, 0.3) is 0 Å². The van der Waals surface area contributed by atoms with E-state index in [2.05, 4.69) is 120 Å². The zero-order valence-electron chi connectivity index (χ0n) is 34.5. The Balaban J connectivity index is 1.04. The number of aliphatic hydroxyl groups is 2. The van der Waals surface area contributed by atoms with Crippen LogP contribution in [0.3, 0.4) is 0 Å². The molecule has 302 valence electrons. The van der Waals surface area contributed by atoms with Crippen molar-refractivity contribution < 1.29 is 19.2 Å². The number of hydrogen-bond donors (Lipinski definition) is 2. The van der Waals surface area contributed by atoms with E-state index in [9.17, 15) is 10.2 Å². The summed E-state index contributed by atoms with van der Waals surface area (Å²) >= 11 is 0. The van der Waals surface area contributed by atoms with E-state index in [1.807, 2.05) is 36.7 Å². The fourth-order valence-electron chi connectivity index (χ4n) is 13.2. The molecule has 5 aromatic carbocycles. The monoisotopic (exact) mass is 792 g/mol. The number of para-hydroxylation sites is 2. The molecule has 6 aliphatic rings. The minimum atomic E-state index is -0.611. The minimum absolute atomic E-state index is 0.0540. The van der Waals surface area contributed by atoms with Crippen molar-refractivity contribution in [1.29, 1.82) is 0 Å². The lowest BCUT2D eigenvalue weighted by molar-refractivity contribution is -0.984. The Morgan fingerprint density at radius 2 is 0.900 bits per heavy atom. The molecule has 0 unspecified atom stereocenters. The number of quaternary nitrogens is 2. The number of benzene rings is 5. The van der Waals surface area contributed by atoms with Gasteiger partial charge in [0.15, 0.2) is 0 Å². The first-order valence-corrected chi connectivity index (χ1v) is 22.3. The van der Waals surface area contributed by atoms with Crippen molar-refractivity contribution in [2.24, 2.45) is 23.7 Å². The number of piperidine rings is 6. The van der Waals surface area contributed by atoms with Crippen LogP contribution in [0, 0.1) is 23.7 Å². The Morgan fingerprint density at radius 1 is 0.533 bits per heavy atom. The summed E-state index contributed by atoms with van der Waals surface area (Å²) in [5, 5.41) is 32.6. The number of pyridine rings is 2. The summed E-state index contributed by atoms with van der Waals surface area (Å²) in [6.07, 6.45) is 11.2. The number of rotatable bonds is 10. The average Bonchev–Trinajstić information content (AvgIpc) is 3.31. The van der Waals surface area contributed by atoms with E-state index in [-0.39, 0.29) is 12.1 Å². The second-order valence-electron chi connectivity index (χ2n) is 18.8. The predicted molar refractivity (Wildman–Crippen MR) is 243 cm³/mol. The van der Waals surface area contributed by atoms with Gasteiger partial charge in [-0.3, -0.25) is 9.97 Å². The molecule has 6 fully saturated rings. The highest BCUT2D eigenvalue weighted by atomic mass is 16.3. The summed E-state index contributed by atoms with van der Waals surface area (Å²) in [5.41, 5.74) is 6.60. The molecule has 0 radical (unpaired) electrons. The molecule has 6 aliphatic heterocycles. The lowest BCUT2D eigenvalue weighted by Gasteiger charge is -2.58. The average molecular weight is 793 g/mol. The normalized spacial score (nSPS) is 29.6. The maximum absolute atomic E-state index is 12.6. The van der Waals surface area contributed by atoms with Crippen LogP contribution in [0.2, 0.25) is 0 Å². The highest BCUT2D eigenvalue weighted by Gasteiger charge is 2.56. The minimum Gasteiger partial charge on any atom is -0.382 e. The van der Waals surface area contributed by atoms with Crippen LogP contribution in [-0.4, -0.2) is 67.4 Å². The Bertz CT molecular complexity index is 2540. The second-order valence-corrected chi connectivity index (χ2v) is 18.8. The topological polar surface area (TPSA) is 66.2 Å². The van der Waals surface area contributed by atoms with Gasteiger partial charge >= 0.3 is 0 Å². The van der Waals surface area contributed by atoms with Crippen molar-refractivity contribution in [3.8, 4) is 0 Å². The van der Waals surface area contributed by atoms with E-state index in [0.717, 1.165) is 107 Å². The van der Waals surface area contributed by atoms with Crippen LogP contribution in [0.25, 0.3) is 43.4 Å². The third kappa shape index (κ3) is 5.90. The summed E-state index contributed by atoms with van der Waals surface area (Å²) in [4.78, 5) is 9.32. The Hall–Kier alpha value is -5.24. The van der Waals surface area contributed by atoms with Crippen LogP contribution in [0.5, 0.6) is 0 Å². The maximum Gasteiger partial charge on any atom is 0.131 e. The predicted octanol–water partition coefficient (Wildman–Crippen LogP) is 10.4. The van der Waals surface area contributed by atoms with Crippen molar-refractivity contribution >= 4 is 43.4 Å². The van der Waals surface area contributed by atoms with E-state index in [1.165, 1.54) is 32.7 Å². The lowest BCUT2D eigenvalue weighted by atomic mass is 9.70. The van der Waals surface area contributed by atoms with E-state index in [1.54, 1.807) is 0 Å². The SMILES string of the molecule is C=C[C@H]1C[N@+]2(Cc3c4ccccc4c(C[N@@+]45CC[C@@H](C[C@H]4[C@H](O)c4ccnc6ccccc46)[C@@H](C=C)C5)c4ccccc34)CC[C@H]1C[C@H]2[C@H](O)c1ccnc2ccccc12. The molecule has 6 nitrogen and oxygen atoms in total. The molecule has 60 heavy (non-hydrogen) atoms. The molecule has 6 heteroatoms. The highest BCUT2D eigenvalue weighted by molar-refractivity contribution is 6.05. The van der Waals surface area contributed by atoms with Gasteiger partial charge in [-0.05, 0) is 68.8 Å². The standard InChI is InChI=1S/C54H56N4O2/c1-3-35-31-57(27-23-37(35)29-51(57)53(59)45-21-25-55-49-19-11-9-17-43(45)49)33-47-39-13-5-7-15-41(39)48(42-16-8-6-14-40(42)47)34-58-28-24-38(36(4-2)32-58)30-52(58)54(60)46-22-26-56-50-20-12-10-18-44(46)50/h3-22,25-26,35-38,51-54,59-60H,1-2,23-24,27-34H2/q+2/t35-,36-,37-,38-,51-,52-,53+,54+,57-,58-/m0/s1. The van der Waals surface area contributed by atoms with Gasteiger partial charge in [0.1, 0.15) is 37.4 Å². The zero-order chi connectivity index (χ0) is 40.6. The largest absolute Gasteiger partial charge is 0.382 e. The summed E-state index contributed by atoms with van der Waals surface area (Å²) in [5.74, 6) is 1.90. The van der Waals surface area contributed by atoms with Gasteiger partial charge in [0, 0.05) is 71.8 Å². The van der Waals surface area contributed by atoms with Crippen LogP contribution >= 0.6 is 0 Å². The number of nitrogens with zero attached hydrogens (tertiary/aromatic N) is 4. The van der Waals surface area contributed by atoms with Gasteiger partial charge < -0.3 is 19.2 Å². The van der Waals surface area contributed by atoms with Crippen LogP contribution in [0.4, 0.5) is 0 Å². The van der Waals surface area contributed by atoms with Gasteiger partial charge in [-0.1, -0.05) is 97.1 Å². The number of fused-ring (bicyclic) bond motifs is 10. The molecule has 8 heterocycles. The highest BCUT2D eigenvalue weighted by Crippen LogP contribution is 2.52. The van der Waals surface area contributed by atoms with Crippen LogP contribution in [-0.2, 0) is 13.1 Å². The molecular weight excluding hydrogens is 737 g/mol. The first-order valence-electron chi connectivity index (χ1n) is 22.3. The molecule has 10 atom stereocenters. The third-order valence-corrected chi connectivity index (χ3v) is 16.2. The van der Waals surface area contributed by atoms with Gasteiger partial charge in [0.2, 0.25) is 0 Å². The molecule has 6 saturated heterocycles. The first kappa shape index (κ1) is 37.7. The van der Waals surface area contributed by atoms with Crippen molar-refractivity contribution in [2.75, 3.05) is 26.2 Å². The lowest BCUT2D eigenvalue weighted by Crippen LogP contribution is -2.67. The van der Waals surface area contributed by atoms with Gasteiger partial charge in [-0.2, -0.15) is 0 Å². The van der Waals surface area contributed by atoms with Gasteiger partial charge in [-0.25, -0.2) is 0 Å². The molecule has 7 aromatic rings. The summed E-state index contributed by atoms with van der Waals surface area (Å²) in [6.45, 7) is 14.4. The van der Waals surface area contributed by atoms with Crippen molar-refractivity contribution in [2.45, 2.75) is 63.1 Å². The quantitative estimate of drug-likeness (QED) is 0.0823. The number of aliphatic hydroxyl groups excluding tert-OH is 2. The number of aromatic nitrogens is 2. The number of hydrogen-bond acceptors (Lipinski definition) is 4. The molecule has 4 bridgehead atoms. The van der Waals surface area contributed by atoms with E-state index in [4.69, 9.17) is 0 Å². The molecular formula is C54H56N4O2+2. The molecule has 13 rings (SSSR count). The molecule has 0 saturated carbocycles. The summed E-state index contributed by atoms with van der Waals surface area (Å²) in [6, 6.07) is 39.0. The van der Waals surface area contributed by atoms with Gasteiger partial charge in [-0.15, -0.1) is 13.2 Å². The molecule has 0 aliphatic carbocycles. The van der Waals surface area contributed by atoms with E-state index >= 15 is 0 Å². The van der Waals surface area contributed by atoms with Crippen LogP contribution in [0.15, 0.2) is 147 Å². The van der Waals surface area contributed by atoms with Gasteiger partial charge in [0.05, 0.1) is 37.2 Å². The van der Waals surface area contributed by atoms with Crippen molar-refractivity contribution in [3.63, 3.8) is 0 Å². The Labute approximate surface area is 353 Å². The van der Waals surface area contributed by atoms with Crippen LogP contribution in [0.1, 0.15) is 60.1 Å². The smallest absolute Gasteiger partial charge is 0.131 e. The maximum atomic E-state index is 12.6. The Kier molecular flexibility index (Phi) is 9.27. The van der Waals surface area contributed by atoms with Crippen molar-refractivity contribution in [1.82, 2.24) is 9.97 Å². The van der Waals surface area contributed by atoms with E-state index < -0.39 is 12.2 Å². The Morgan fingerprint density at radius 3 is 1.28 bits per heavy atom.